The smallest absolute Gasteiger partial charge is 0.123 e. The van der Waals surface area contributed by atoms with Crippen LogP contribution >= 0.6 is 0 Å². The van der Waals surface area contributed by atoms with E-state index in [1.165, 1.54) is 24.3 Å². The van der Waals surface area contributed by atoms with E-state index in [2.05, 4.69) is 27.7 Å². The van der Waals surface area contributed by atoms with Crippen LogP contribution in [-0.2, 0) is 17.6 Å². The molecule has 4 aromatic rings. The number of para-hydroxylation sites is 2. The van der Waals surface area contributed by atoms with Gasteiger partial charge in [0.05, 0.1) is 0 Å². The molecule has 4 aromatic carbocycles. The summed E-state index contributed by atoms with van der Waals surface area (Å²) in [6.07, 6.45) is 3.24. The summed E-state index contributed by atoms with van der Waals surface area (Å²) in [5, 5.41) is 9.44. The average Bonchev–Trinajstić information content (AvgIpc) is 3.07. The van der Waals surface area contributed by atoms with Crippen LogP contribution in [0.3, 0.4) is 0 Å². The zero-order valence-electron chi connectivity index (χ0n) is 28.5. The van der Waals surface area contributed by atoms with E-state index in [-0.39, 0.29) is 36.4 Å². The molecule has 0 radical (unpaired) electrons. The standard InChI is InChI=1S/C21H27FO2.C20H25FO2/c1-16(2)21(24-20-7-5-4-6-8-20)18(13-14-23-3)15-17-9-11-19(22)12-10-17;1-15(2)20(23-19-6-4-3-5-7-19)17(12-13-22)14-16-8-10-18(21)11-9-16/h4-12,16,18,21H,13-15H2,1-3H3;3-11,15,17,20,22H,12-14H2,1-2H3/t18-,21+;17-,20+/m11/s1. The highest BCUT2D eigenvalue weighted by Gasteiger charge is 2.28. The van der Waals surface area contributed by atoms with E-state index in [0.717, 1.165) is 41.9 Å². The van der Waals surface area contributed by atoms with Crippen LogP contribution in [-0.4, -0.2) is 37.6 Å². The molecule has 0 aliphatic rings. The van der Waals surface area contributed by atoms with E-state index in [1.807, 2.05) is 72.8 Å². The molecule has 0 saturated heterocycles. The number of methoxy groups -OCH3 is 1. The molecule has 0 bridgehead atoms. The summed E-state index contributed by atoms with van der Waals surface area (Å²) in [7, 11) is 1.72. The molecule has 254 valence electrons. The highest BCUT2D eigenvalue weighted by molar-refractivity contribution is 5.23. The second-order valence-electron chi connectivity index (χ2n) is 12.8. The number of rotatable bonds is 17. The zero-order valence-corrected chi connectivity index (χ0v) is 28.5. The minimum Gasteiger partial charge on any atom is -0.490 e. The molecular formula is C41H52F2O4. The minimum atomic E-state index is -0.228. The third-order valence-corrected chi connectivity index (χ3v) is 8.29. The topological polar surface area (TPSA) is 47.9 Å². The molecule has 6 heteroatoms. The number of ether oxygens (including phenoxy) is 3. The van der Waals surface area contributed by atoms with Gasteiger partial charge in [-0.05, 0) is 97.2 Å². The van der Waals surface area contributed by atoms with Crippen LogP contribution in [0.1, 0.15) is 51.7 Å². The van der Waals surface area contributed by atoms with Gasteiger partial charge in [-0.3, -0.25) is 0 Å². The van der Waals surface area contributed by atoms with Gasteiger partial charge in [-0.2, -0.15) is 0 Å². The molecule has 4 atom stereocenters. The van der Waals surface area contributed by atoms with E-state index in [0.29, 0.717) is 30.8 Å². The molecule has 0 aliphatic heterocycles. The Balaban J connectivity index is 0.000000256. The third-order valence-electron chi connectivity index (χ3n) is 8.29. The molecule has 1 N–H and O–H groups in total. The highest BCUT2D eigenvalue weighted by Crippen LogP contribution is 2.28. The van der Waals surface area contributed by atoms with Gasteiger partial charge >= 0.3 is 0 Å². The van der Waals surface area contributed by atoms with Gasteiger partial charge in [0.2, 0.25) is 0 Å². The van der Waals surface area contributed by atoms with E-state index in [4.69, 9.17) is 14.2 Å². The Morgan fingerprint density at radius 3 is 1.28 bits per heavy atom. The summed E-state index contributed by atoms with van der Waals surface area (Å²) in [5.74, 6) is 2.45. The van der Waals surface area contributed by atoms with Crippen molar-refractivity contribution in [2.24, 2.45) is 23.7 Å². The van der Waals surface area contributed by atoms with Crippen LogP contribution in [0.4, 0.5) is 8.78 Å². The van der Waals surface area contributed by atoms with Gasteiger partial charge in [-0.25, -0.2) is 8.78 Å². The molecule has 0 spiro atoms. The van der Waals surface area contributed by atoms with Crippen molar-refractivity contribution in [2.75, 3.05) is 20.3 Å². The van der Waals surface area contributed by atoms with Crippen molar-refractivity contribution < 1.29 is 28.1 Å². The van der Waals surface area contributed by atoms with Gasteiger partial charge in [0.1, 0.15) is 35.3 Å². The zero-order chi connectivity index (χ0) is 34.0. The maximum Gasteiger partial charge on any atom is 0.123 e. The summed E-state index contributed by atoms with van der Waals surface area (Å²) in [6.45, 7) is 9.42. The van der Waals surface area contributed by atoms with E-state index in [1.54, 1.807) is 19.2 Å². The Morgan fingerprint density at radius 2 is 0.936 bits per heavy atom. The van der Waals surface area contributed by atoms with Crippen LogP contribution in [0.15, 0.2) is 109 Å². The van der Waals surface area contributed by atoms with Gasteiger partial charge in [0.25, 0.3) is 0 Å². The monoisotopic (exact) mass is 646 g/mol. The van der Waals surface area contributed by atoms with E-state index < -0.39 is 0 Å². The molecule has 0 saturated carbocycles. The van der Waals surface area contributed by atoms with Crippen molar-refractivity contribution in [1.82, 2.24) is 0 Å². The Kier molecular flexibility index (Phi) is 16.4. The quantitative estimate of drug-likeness (QED) is 0.124. The molecule has 4 nitrogen and oxygen atoms in total. The second kappa shape index (κ2) is 20.5. The number of halogens is 2. The first-order valence-electron chi connectivity index (χ1n) is 16.7. The average molecular weight is 647 g/mol. The van der Waals surface area contributed by atoms with Gasteiger partial charge < -0.3 is 19.3 Å². The summed E-state index contributed by atoms with van der Waals surface area (Å²) in [5.41, 5.74) is 2.19. The Hall–Kier alpha value is -3.74. The van der Waals surface area contributed by atoms with Gasteiger partial charge in [-0.1, -0.05) is 88.4 Å². The first kappa shape index (κ1) is 37.7. The largest absolute Gasteiger partial charge is 0.490 e. The van der Waals surface area contributed by atoms with Crippen LogP contribution in [0, 0.1) is 35.3 Å². The lowest BCUT2D eigenvalue weighted by molar-refractivity contribution is 0.0657. The number of aliphatic hydroxyl groups excluding tert-OH is 1. The maximum atomic E-state index is 13.2. The number of benzene rings is 4. The van der Waals surface area contributed by atoms with Gasteiger partial charge in [-0.15, -0.1) is 0 Å². The molecule has 0 aliphatic carbocycles. The van der Waals surface area contributed by atoms with Crippen molar-refractivity contribution in [1.29, 1.82) is 0 Å². The van der Waals surface area contributed by atoms with Gasteiger partial charge in [0, 0.05) is 32.2 Å². The summed E-state index contributed by atoms with van der Waals surface area (Å²) >= 11 is 0. The maximum absolute atomic E-state index is 13.2. The first-order valence-corrected chi connectivity index (χ1v) is 16.7. The fraction of sp³-hybridized carbons (Fsp3) is 0.415. The molecule has 47 heavy (non-hydrogen) atoms. The third kappa shape index (κ3) is 13.5. The first-order chi connectivity index (χ1) is 22.7. The SMILES string of the molecule is CC(C)[C@H](Oc1ccccc1)[C@H](CCO)Cc1ccc(F)cc1.COCC[C@H](Cc1ccc(F)cc1)[C@@H](Oc1ccccc1)C(C)C. The predicted octanol–water partition coefficient (Wildman–Crippen LogP) is 9.59. The molecule has 0 fully saturated rings. The summed E-state index contributed by atoms with van der Waals surface area (Å²) in [4.78, 5) is 0. The van der Waals surface area contributed by atoms with E-state index in [9.17, 15) is 13.9 Å². The molecule has 0 amide bonds. The van der Waals surface area contributed by atoms with Crippen molar-refractivity contribution in [2.45, 2.75) is 65.6 Å². The van der Waals surface area contributed by atoms with Crippen LogP contribution in [0.25, 0.3) is 0 Å². The molecule has 4 rings (SSSR count). The Labute approximate surface area is 280 Å². The molecule has 0 aromatic heterocycles. The lowest BCUT2D eigenvalue weighted by atomic mass is 9.85. The summed E-state index contributed by atoms with van der Waals surface area (Å²) < 4.78 is 44.0. The lowest BCUT2D eigenvalue weighted by Crippen LogP contribution is -2.34. The predicted molar refractivity (Wildman–Crippen MR) is 187 cm³/mol. The minimum absolute atomic E-state index is 0.00500. The van der Waals surface area contributed by atoms with Crippen molar-refractivity contribution >= 4 is 0 Å². The molecular weight excluding hydrogens is 594 g/mol. The molecule has 0 unspecified atom stereocenters. The summed E-state index contributed by atoms with van der Waals surface area (Å²) in [6, 6.07) is 33.0. The fourth-order valence-electron chi connectivity index (χ4n) is 5.91. The number of hydrogen-bond donors (Lipinski definition) is 1. The van der Waals surface area contributed by atoms with Gasteiger partial charge in [0.15, 0.2) is 0 Å². The van der Waals surface area contributed by atoms with Crippen LogP contribution in [0.5, 0.6) is 11.5 Å². The van der Waals surface area contributed by atoms with Crippen molar-refractivity contribution in [3.05, 3.63) is 132 Å². The second-order valence-corrected chi connectivity index (χ2v) is 12.8. The molecule has 0 heterocycles. The Bertz CT molecular complexity index is 1360. The lowest BCUT2D eigenvalue weighted by Gasteiger charge is -2.31. The highest BCUT2D eigenvalue weighted by atomic mass is 19.1. The Morgan fingerprint density at radius 1 is 0.553 bits per heavy atom. The van der Waals surface area contributed by atoms with Crippen molar-refractivity contribution in [3.8, 4) is 11.5 Å². The van der Waals surface area contributed by atoms with Crippen molar-refractivity contribution in [3.63, 3.8) is 0 Å². The number of aliphatic hydroxyl groups is 1. The van der Waals surface area contributed by atoms with E-state index >= 15 is 0 Å². The fourth-order valence-corrected chi connectivity index (χ4v) is 5.91. The number of hydrogen-bond acceptors (Lipinski definition) is 4. The van der Waals surface area contributed by atoms with Crippen LogP contribution in [0.2, 0.25) is 0 Å². The normalized spacial score (nSPS) is 13.7. The van der Waals surface area contributed by atoms with Crippen LogP contribution < -0.4 is 9.47 Å².